The van der Waals surface area contributed by atoms with E-state index >= 15 is 0 Å². The molecule has 0 aliphatic carbocycles. The molecule has 4 rings (SSSR count). The molecule has 0 bridgehead atoms. The van der Waals surface area contributed by atoms with E-state index in [0.29, 0.717) is 24.4 Å². The minimum atomic E-state index is -0.392. The van der Waals surface area contributed by atoms with Gasteiger partial charge in [-0.1, -0.05) is 6.07 Å². The number of nitrogens with zero attached hydrogens (tertiary/aromatic N) is 1. The second-order valence-electron chi connectivity index (χ2n) is 6.80. The molecule has 2 N–H and O–H groups in total. The van der Waals surface area contributed by atoms with E-state index in [0.717, 1.165) is 29.5 Å². The van der Waals surface area contributed by atoms with Gasteiger partial charge >= 0.3 is 0 Å². The normalized spacial score (nSPS) is 16.2. The van der Waals surface area contributed by atoms with Crippen LogP contribution in [0.1, 0.15) is 34.7 Å². The fourth-order valence-corrected chi connectivity index (χ4v) is 3.19. The molecule has 0 radical (unpaired) electrons. The van der Waals surface area contributed by atoms with Crippen LogP contribution in [0.5, 0.6) is 0 Å². The van der Waals surface area contributed by atoms with Gasteiger partial charge in [0.25, 0.3) is 11.8 Å². The summed E-state index contributed by atoms with van der Waals surface area (Å²) in [5, 5.41) is 6.41. The van der Waals surface area contributed by atoms with Crippen LogP contribution in [-0.2, 0) is 16.1 Å². The van der Waals surface area contributed by atoms with Gasteiger partial charge in [0.1, 0.15) is 11.7 Å². The zero-order valence-electron chi connectivity index (χ0n) is 15.5. The fraction of sp³-hybridized carbons (Fsp3) is 0.286. The molecule has 7 nitrogen and oxygen atoms in total. The third-order valence-electron chi connectivity index (χ3n) is 4.76. The third-order valence-corrected chi connectivity index (χ3v) is 4.76. The summed E-state index contributed by atoms with van der Waals surface area (Å²) >= 11 is 0. The molecule has 144 valence electrons. The van der Waals surface area contributed by atoms with Gasteiger partial charge in [0.05, 0.1) is 12.2 Å². The van der Waals surface area contributed by atoms with Gasteiger partial charge in [-0.05, 0) is 55.7 Å². The van der Waals surface area contributed by atoms with E-state index in [1.54, 1.807) is 30.5 Å². The largest absolute Gasteiger partial charge is 0.451 e. The maximum Gasteiger partial charge on any atom is 0.287 e. The average Bonchev–Trinajstić information content (AvgIpc) is 3.36. The quantitative estimate of drug-likeness (QED) is 0.710. The van der Waals surface area contributed by atoms with Crippen molar-refractivity contribution in [3.8, 4) is 0 Å². The van der Waals surface area contributed by atoms with E-state index in [2.05, 4.69) is 15.6 Å². The lowest BCUT2D eigenvalue weighted by Gasteiger charge is -2.10. The number of nitrogens with one attached hydrogen (secondary N) is 2. The summed E-state index contributed by atoms with van der Waals surface area (Å²) in [5.74, 6) is -0.249. The Morgan fingerprint density at radius 3 is 2.93 bits per heavy atom. The summed E-state index contributed by atoms with van der Waals surface area (Å²) in [6.07, 6.45) is 2.94. The second kappa shape index (κ2) is 7.82. The second-order valence-corrected chi connectivity index (χ2v) is 6.80. The van der Waals surface area contributed by atoms with E-state index in [-0.39, 0.29) is 17.6 Å². The topological polar surface area (TPSA) is 93.5 Å². The van der Waals surface area contributed by atoms with Crippen molar-refractivity contribution in [3.05, 3.63) is 59.6 Å². The molecule has 0 saturated carbocycles. The summed E-state index contributed by atoms with van der Waals surface area (Å²) < 4.78 is 11.0. The number of aromatic nitrogens is 1. The van der Waals surface area contributed by atoms with Gasteiger partial charge in [-0.3, -0.25) is 14.6 Å². The van der Waals surface area contributed by atoms with Crippen molar-refractivity contribution in [1.29, 1.82) is 0 Å². The summed E-state index contributed by atoms with van der Waals surface area (Å²) in [7, 11) is 0. The first-order chi connectivity index (χ1) is 13.6. The molecule has 1 saturated heterocycles. The van der Waals surface area contributed by atoms with Crippen LogP contribution in [-0.4, -0.2) is 29.5 Å². The minimum Gasteiger partial charge on any atom is -0.451 e. The molecule has 2 aromatic heterocycles. The van der Waals surface area contributed by atoms with Crippen molar-refractivity contribution in [2.24, 2.45) is 0 Å². The summed E-state index contributed by atoms with van der Waals surface area (Å²) in [6, 6.07) is 10.7. The molecule has 0 unspecified atom stereocenters. The number of fused-ring (bicyclic) bond motifs is 1. The molecule has 28 heavy (non-hydrogen) atoms. The Morgan fingerprint density at radius 2 is 2.14 bits per heavy atom. The van der Waals surface area contributed by atoms with Gasteiger partial charge < -0.3 is 19.8 Å². The Labute approximate surface area is 162 Å². The van der Waals surface area contributed by atoms with Crippen LogP contribution < -0.4 is 10.6 Å². The molecule has 1 aliphatic heterocycles. The maximum atomic E-state index is 12.4. The number of furan rings is 1. The van der Waals surface area contributed by atoms with Crippen molar-refractivity contribution in [2.75, 3.05) is 11.9 Å². The van der Waals surface area contributed by atoms with Gasteiger partial charge in [0.2, 0.25) is 0 Å². The molecular weight excluding hydrogens is 358 g/mol. The van der Waals surface area contributed by atoms with Crippen molar-refractivity contribution in [3.63, 3.8) is 0 Å². The lowest BCUT2D eigenvalue weighted by atomic mass is 10.2. The first-order valence-corrected chi connectivity index (χ1v) is 9.25. The number of anilines is 1. The predicted molar refractivity (Wildman–Crippen MR) is 104 cm³/mol. The standard InChI is InChI=1S/C21H21N3O4/c1-13-4-2-8-22-16(13)12-23-20(25)19-11-14-10-15(6-7-17(14)28-19)24-21(26)18-5-3-9-27-18/h2,4,6-8,10-11,18H,3,5,9,12H2,1H3,(H,23,25)(H,24,26)/t18-/m0/s1. The number of ether oxygens (including phenoxy) is 1. The third kappa shape index (κ3) is 3.89. The highest BCUT2D eigenvalue weighted by Crippen LogP contribution is 2.24. The average molecular weight is 379 g/mol. The maximum absolute atomic E-state index is 12.4. The molecule has 0 spiro atoms. The SMILES string of the molecule is Cc1cccnc1CNC(=O)c1cc2cc(NC(=O)[C@@H]3CCCO3)ccc2o1. The Kier molecular flexibility index (Phi) is 5.08. The lowest BCUT2D eigenvalue weighted by molar-refractivity contribution is -0.124. The number of hydrogen-bond donors (Lipinski definition) is 2. The summed E-state index contributed by atoms with van der Waals surface area (Å²) in [4.78, 5) is 28.9. The van der Waals surface area contributed by atoms with Crippen LogP contribution in [0.3, 0.4) is 0 Å². The van der Waals surface area contributed by atoms with Crippen molar-refractivity contribution in [1.82, 2.24) is 10.3 Å². The zero-order chi connectivity index (χ0) is 19.5. The fourth-order valence-electron chi connectivity index (χ4n) is 3.19. The van der Waals surface area contributed by atoms with E-state index in [1.807, 2.05) is 19.1 Å². The van der Waals surface area contributed by atoms with E-state index < -0.39 is 6.10 Å². The molecular formula is C21H21N3O4. The van der Waals surface area contributed by atoms with E-state index in [9.17, 15) is 9.59 Å². The van der Waals surface area contributed by atoms with Gasteiger partial charge in [-0.15, -0.1) is 0 Å². The van der Waals surface area contributed by atoms with E-state index in [1.165, 1.54) is 0 Å². The molecule has 3 aromatic rings. The molecule has 1 atom stereocenters. The monoisotopic (exact) mass is 379 g/mol. The van der Waals surface area contributed by atoms with Crippen molar-refractivity contribution in [2.45, 2.75) is 32.4 Å². The summed E-state index contributed by atoms with van der Waals surface area (Å²) in [5.41, 5.74) is 3.05. The molecule has 2 amide bonds. The number of carbonyl (C=O) groups is 2. The van der Waals surface area contributed by atoms with Crippen LogP contribution in [0, 0.1) is 6.92 Å². The Bertz CT molecular complexity index is 1020. The number of benzene rings is 1. The van der Waals surface area contributed by atoms with Crippen molar-refractivity contribution >= 4 is 28.5 Å². The summed E-state index contributed by atoms with van der Waals surface area (Å²) in [6.45, 7) is 2.89. The first-order valence-electron chi connectivity index (χ1n) is 9.25. The van der Waals surface area contributed by atoms with Crippen LogP contribution in [0.4, 0.5) is 5.69 Å². The van der Waals surface area contributed by atoms with E-state index in [4.69, 9.17) is 9.15 Å². The highest BCUT2D eigenvalue weighted by atomic mass is 16.5. The Balaban J connectivity index is 1.44. The molecule has 1 aliphatic rings. The van der Waals surface area contributed by atoms with Gasteiger partial charge in [-0.25, -0.2) is 0 Å². The molecule has 1 aromatic carbocycles. The highest BCUT2D eigenvalue weighted by molar-refractivity contribution is 5.99. The number of carbonyl (C=O) groups excluding carboxylic acids is 2. The zero-order valence-corrected chi connectivity index (χ0v) is 15.5. The predicted octanol–water partition coefficient (Wildman–Crippen LogP) is 3.18. The molecule has 3 heterocycles. The smallest absolute Gasteiger partial charge is 0.287 e. The first kappa shape index (κ1) is 18.2. The number of amides is 2. The minimum absolute atomic E-state index is 0.149. The van der Waals surface area contributed by atoms with Crippen LogP contribution in [0.2, 0.25) is 0 Å². The number of pyridine rings is 1. The molecule has 7 heteroatoms. The number of rotatable bonds is 5. The van der Waals surface area contributed by atoms with Crippen LogP contribution in [0.25, 0.3) is 11.0 Å². The highest BCUT2D eigenvalue weighted by Gasteiger charge is 2.23. The molecule has 1 fully saturated rings. The van der Waals surface area contributed by atoms with Gasteiger partial charge in [0, 0.05) is 23.9 Å². The van der Waals surface area contributed by atoms with Gasteiger partial charge in [-0.2, -0.15) is 0 Å². The van der Waals surface area contributed by atoms with Gasteiger partial charge in [0.15, 0.2) is 5.76 Å². The van der Waals surface area contributed by atoms with Crippen LogP contribution in [0.15, 0.2) is 47.0 Å². The number of hydrogen-bond acceptors (Lipinski definition) is 5. The Morgan fingerprint density at radius 1 is 1.25 bits per heavy atom. The lowest BCUT2D eigenvalue weighted by Crippen LogP contribution is -2.26. The van der Waals surface area contributed by atoms with Crippen molar-refractivity contribution < 1.29 is 18.7 Å². The Hall–Kier alpha value is -3.19. The number of aryl methyl sites for hydroxylation is 1. The van der Waals surface area contributed by atoms with Crippen LogP contribution >= 0.6 is 0 Å².